The summed E-state index contributed by atoms with van der Waals surface area (Å²) in [6.45, 7) is 1.94. The van der Waals surface area contributed by atoms with E-state index in [1.54, 1.807) is 6.20 Å². The molecule has 1 aliphatic carbocycles. The molecular weight excluding hydrogens is 288 g/mol. The van der Waals surface area contributed by atoms with E-state index >= 15 is 0 Å². The molecule has 3 aromatic heterocycles. The summed E-state index contributed by atoms with van der Waals surface area (Å²) in [5.41, 5.74) is 2.59. The van der Waals surface area contributed by atoms with Gasteiger partial charge in [0.1, 0.15) is 0 Å². The molecule has 1 amide bonds. The van der Waals surface area contributed by atoms with Crippen molar-refractivity contribution in [3.8, 4) is 0 Å². The van der Waals surface area contributed by atoms with Gasteiger partial charge in [0, 0.05) is 29.8 Å². The Hall–Kier alpha value is -2.69. The Morgan fingerprint density at radius 3 is 2.96 bits per heavy atom. The topological polar surface area (TPSA) is 59.3 Å². The summed E-state index contributed by atoms with van der Waals surface area (Å²) in [5.74, 6) is 1.08. The van der Waals surface area contributed by atoms with Gasteiger partial charge in [-0.3, -0.25) is 4.79 Å². The average molecular weight is 306 g/mol. The molecule has 1 aliphatic rings. The number of pyridine rings is 1. The van der Waals surface area contributed by atoms with E-state index in [0.717, 1.165) is 24.1 Å². The number of nitrogens with zero attached hydrogens (tertiary/aromatic N) is 3. The highest BCUT2D eigenvalue weighted by molar-refractivity contribution is 5.95. The maximum atomic E-state index is 12.6. The van der Waals surface area contributed by atoms with Crippen molar-refractivity contribution in [2.45, 2.75) is 25.8 Å². The zero-order chi connectivity index (χ0) is 15.8. The summed E-state index contributed by atoms with van der Waals surface area (Å²) in [4.78, 5) is 21.5. The number of aromatic nitrogens is 3. The van der Waals surface area contributed by atoms with Crippen LogP contribution in [0.3, 0.4) is 0 Å². The van der Waals surface area contributed by atoms with Gasteiger partial charge in [-0.15, -0.1) is 0 Å². The van der Waals surface area contributed by atoms with E-state index in [4.69, 9.17) is 0 Å². The molecule has 1 saturated carbocycles. The van der Waals surface area contributed by atoms with E-state index in [1.165, 1.54) is 0 Å². The van der Waals surface area contributed by atoms with Crippen LogP contribution in [0.1, 0.15) is 40.8 Å². The van der Waals surface area contributed by atoms with Crippen molar-refractivity contribution in [3.05, 3.63) is 66.0 Å². The van der Waals surface area contributed by atoms with Crippen LogP contribution in [-0.4, -0.2) is 20.3 Å². The third-order valence-corrected chi connectivity index (χ3v) is 4.24. The lowest BCUT2D eigenvalue weighted by Crippen LogP contribution is -2.31. The first-order valence-electron chi connectivity index (χ1n) is 7.88. The summed E-state index contributed by atoms with van der Waals surface area (Å²) >= 11 is 0. The molecule has 5 heteroatoms. The number of amides is 1. The Bertz CT molecular complexity index is 833. The quantitative estimate of drug-likeness (QED) is 0.806. The lowest BCUT2D eigenvalue weighted by Gasteiger charge is -2.16. The molecule has 23 heavy (non-hydrogen) atoms. The lowest BCUT2D eigenvalue weighted by molar-refractivity contribution is 0.0929. The summed E-state index contributed by atoms with van der Waals surface area (Å²) in [7, 11) is 0. The number of carbonyl (C=O) groups is 1. The smallest absolute Gasteiger partial charge is 0.253 e. The van der Waals surface area contributed by atoms with Crippen molar-refractivity contribution in [2.24, 2.45) is 5.92 Å². The third-order valence-electron chi connectivity index (χ3n) is 4.24. The molecular formula is C18H18N4O. The zero-order valence-corrected chi connectivity index (χ0v) is 12.9. The molecule has 0 saturated heterocycles. The first kappa shape index (κ1) is 13.9. The second-order valence-corrected chi connectivity index (χ2v) is 6.11. The fourth-order valence-corrected chi connectivity index (χ4v) is 2.85. The highest BCUT2D eigenvalue weighted by Crippen LogP contribution is 2.40. The number of fused-ring (bicyclic) bond motifs is 1. The summed E-state index contributed by atoms with van der Waals surface area (Å²) in [5, 5.41) is 3.12. The third kappa shape index (κ3) is 2.82. The second-order valence-electron chi connectivity index (χ2n) is 6.11. The first-order chi connectivity index (χ1) is 11.2. The molecule has 1 unspecified atom stereocenters. The molecule has 0 aliphatic heterocycles. The molecule has 5 nitrogen and oxygen atoms in total. The number of rotatable bonds is 4. The molecule has 1 N–H and O–H groups in total. The molecule has 4 rings (SSSR count). The van der Waals surface area contributed by atoms with Crippen LogP contribution in [0.5, 0.6) is 0 Å². The maximum Gasteiger partial charge on any atom is 0.253 e. The number of hydrogen-bond donors (Lipinski definition) is 1. The largest absolute Gasteiger partial charge is 0.342 e. The molecule has 3 aromatic rings. The van der Waals surface area contributed by atoms with E-state index in [9.17, 15) is 4.79 Å². The van der Waals surface area contributed by atoms with E-state index in [-0.39, 0.29) is 11.9 Å². The van der Waals surface area contributed by atoms with Crippen LogP contribution in [0.4, 0.5) is 0 Å². The van der Waals surface area contributed by atoms with E-state index in [1.807, 2.05) is 54.0 Å². The Kier molecular flexibility index (Phi) is 3.33. The highest BCUT2D eigenvalue weighted by atomic mass is 16.1. The minimum absolute atomic E-state index is 0.0734. The van der Waals surface area contributed by atoms with Crippen LogP contribution in [-0.2, 0) is 0 Å². The maximum absolute atomic E-state index is 12.6. The minimum atomic E-state index is -0.106. The van der Waals surface area contributed by atoms with Crippen molar-refractivity contribution in [3.63, 3.8) is 0 Å². The van der Waals surface area contributed by atoms with E-state index in [0.29, 0.717) is 17.3 Å². The van der Waals surface area contributed by atoms with E-state index < -0.39 is 0 Å². The number of hydrogen-bond acceptors (Lipinski definition) is 3. The van der Waals surface area contributed by atoms with Gasteiger partial charge in [0.25, 0.3) is 5.91 Å². The summed E-state index contributed by atoms with van der Waals surface area (Å²) in [6.07, 6.45) is 7.77. The van der Waals surface area contributed by atoms with Gasteiger partial charge in [-0.2, -0.15) is 0 Å². The fraction of sp³-hybridized carbons (Fsp3) is 0.278. The standard InChI is InChI=1S/C18H18N4O/c1-12-7-8-19-17(20-12)16(13-5-6-13)21-18(23)14-10-15-4-2-3-9-22(15)11-14/h2-4,7-11,13,16H,5-6H2,1H3,(H,21,23). The number of carbonyl (C=O) groups excluding carboxylic acids is 1. The molecule has 116 valence electrons. The highest BCUT2D eigenvalue weighted by Gasteiger charge is 2.35. The van der Waals surface area contributed by atoms with Gasteiger partial charge in [-0.05, 0) is 49.9 Å². The van der Waals surface area contributed by atoms with Gasteiger partial charge in [-0.25, -0.2) is 9.97 Å². The van der Waals surface area contributed by atoms with Crippen LogP contribution in [0.25, 0.3) is 5.52 Å². The Morgan fingerprint density at radius 1 is 1.35 bits per heavy atom. The first-order valence-corrected chi connectivity index (χ1v) is 7.88. The lowest BCUT2D eigenvalue weighted by atomic mass is 10.1. The predicted molar refractivity (Wildman–Crippen MR) is 87.1 cm³/mol. The molecule has 0 bridgehead atoms. The van der Waals surface area contributed by atoms with Crippen molar-refractivity contribution in [2.75, 3.05) is 0 Å². The molecule has 0 spiro atoms. The number of aryl methyl sites for hydroxylation is 1. The Morgan fingerprint density at radius 2 is 2.22 bits per heavy atom. The monoisotopic (exact) mass is 306 g/mol. The summed E-state index contributed by atoms with van der Waals surface area (Å²) in [6, 6.07) is 9.56. The van der Waals surface area contributed by atoms with Crippen molar-refractivity contribution < 1.29 is 4.79 Å². The average Bonchev–Trinajstić information content (AvgIpc) is 3.29. The molecule has 3 heterocycles. The minimum Gasteiger partial charge on any atom is -0.342 e. The van der Waals surface area contributed by atoms with Gasteiger partial charge in [0.2, 0.25) is 0 Å². The van der Waals surface area contributed by atoms with Crippen molar-refractivity contribution in [1.29, 1.82) is 0 Å². The fourth-order valence-electron chi connectivity index (χ4n) is 2.85. The van der Waals surface area contributed by atoms with Crippen LogP contribution < -0.4 is 5.32 Å². The summed E-state index contributed by atoms with van der Waals surface area (Å²) < 4.78 is 1.95. The van der Waals surface area contributed by atoms with Crippen LogP contribution >= 0.6 is 0 Å². The van der Waals surface area contributed by atoms with Crippen LogP contribution in [0, 0.1) is 12.8 Å². The SMILES string of the molecule is Cc1ccnc(C(NC(=O)c2cc3ccccn3c2)C2CC2)n1. The van der Waals surface area contributed by atoms with Gasteiger partial charge in [-0.1, -0.05) is 6.07 Å². The van der Waals surface area contributed by atoms with Gasteiger partial charge < -0.3 is 9.72 Å². The predicted octanol–water partition coefficient (Wildman–Crippen LogP) is 2.92. The second kappa shape index (κ2) is 5.50. The van der Waals surface area contributed by atoms with Gasteiger partial charge in [0.15, 0.2) is 5.82 Å². The zero-order valence-electron chi connectivity index (χ0n) is 12.9. The van der Waals surface area contributed by atoms with Crippen molar-refractivity contribution in [1.82, 2.24) is 19.7 Å². The van der Waals surface area contributed by atoms with Crippen LogP contribution in [0.2, 0.25) is 0 Å². The van der Waals surface area contributed by atoms with Crippen molar-refractivity contribution >= 4 is 11.4 Å². The Labute approximate surface area is 134 Å². The molecule has 0 aromatic carbocycles. The van der Waals surface area contributed by atoms with Crippen LogP contribution in [0.15, 0.2) is 48.9 Å². The molecule has 0 radical (unpaired) electrons. The normalized spacial score (nSPS) is 15.5. The molecule has 1 atom stereocenters. The van der Waals surface area contributed by atoms with Gasteiger partial charge in [0.05, 0.1) is 11.6 Å². The van der Waals surface area contributed by atoms with E-state index in [2.05, 4.69) is 15.3 Å². The number of nitrogens with one attached hydrogen (secondary N) is 1. The van der Waals surface area contributed by atoms with Gasteiger partial charge >= 0.3 is 0 Å². The Balaban J connectivity index is 1.60. The molecule has 1 fully saturated rings.